The summed E-state index contributed by atoms with van der Waals surface area (Å²) in [6.45, 7) is 5.49. The Labute approximate surface area is 129 Å². The number of ether oxygens (including phenoxy) is 2. The SMILES string of the molecule is COCNC(=O)c1cn(C(=O)OC(C)(C)C)c2ccccc12. The van der Waals surface area contributed by atoms with Crippen LogP contribution < -0.4 is 5.32 Å². The largest absolute Gasteiger partial charge is 0.443 e. The molecule has 0 aliphatic rings. The molecule has 0 aliphatic heterocycles. The summed E-state index contributed by atoms with van der Waals surface area (Å²) in [6.07, 6.45) is 0.971. The first-order valence-electron chi connectivity index (χ1n) is 6.94. The highest BCUT2D eigenvalue weighted by atomic mass is 16.6. The quantitative estimate of drug-likeness (QED) is 0.885. The molecule has 0 aliphatic carbocycles. The highest BCUT2D eigenvalue weighted by Gasteiger charge is 2.22. The van der Waals surface area contributed by atoms with E-state index in [-0.39, 0.29) is 12.6 Å². The second-order valence-electron chi connectivity index (χ2n) is 5.85. The van der Waals surface area contributed by atoms with E-state index in [0.29, 0.717) is 16.5 Å². The van der Waals surface area contributed by atoms with Crippen LogP contribution in [0.2, 0.25) is 0 Å². The number of nitrogens with zero attached hydrogens (tertiary/aromatic N) is 1. The third-order valence-electron chi connectivity index (χ3n) is 2.92. The Bertz CT molecular complexity index is 698. The van der Waals surface area contributed by atoms with Crippen molar-refractivity contribution in [3.63, 3.8) is 0 Å². The molecule has 0 atom stereocenters. The number of para-hydroxylation sites is 1. The molecule has 1 heterocycles. The van der Waals surface area contributed by atoms with E-state index in [1.165, 1.54) is 17.9 Å². The minimum atomic E-state index is -0.610. The Morgan fingerprint density at radius 1 is 1.23 bits per heavy atom. The topological polar surface area (TPSA) is 69.6 Å². The molecule has 0 spiro atoms. The third-order valence-corrected chi connectivity index (χ3v) is 2.92. The molecule has 0 bridgehead atoms. The number of fused-ring (bicyclic) bond motifs is 1. The number of carbonyl (C=O) groups excluding carboxylic acids is 2. The zero-order valence-electron chi connectivity index (χ0n) is 13.2. The van der Waals surface area contributed by atoms with Crippen LogP contribution in [0.15, 0.2) is 30.5 Å². The monoisotopic (exact) mass is 304 g/mol. The number of aromatic nitrogens is 1. The fraction of sp³-hybridized carbons (Fsp3) is 0.375. The van der Waals surface area contributed by atoms with Gasteiger partial charge in [-0.2, -0.15) is 0 Å². The number of hydrogen-bond donors (Lipinski definition) is 1. The Balaban J connectivity index is 2.44. The van der Waals surface area contributed by atoms with Crippen molar-refractivity contribution in [2.45, 2.75) is 26.4 Å². The van der Waals surface area contributed by atoms with Crippen molar-refractivity contribution in [3.8, 4) is 0 Å². The first-order chi connectivity index (χ1) is 10.3. The molecular formula is C16H20N2O4. The number of amides is 1. The van der Waals surface area contributed by atoms with Gasteiger partial charge in [0, 0.05) is 18.7 Å². The Hall–Kier alpha value is -2.34. The zero-order valence-corrected chi connectivity index (χ0v) is 13.2. The number of rotatable bonds is 3. The number of carbonyl (C=O) groups is 2. The fourth-order valence-electron chi connectivity index (χ4n) is 2.06. The van der Waals surface area contributed by atoms with Gasteiger partial charge in [0.15, 0.2) is 0 Å². The summed E-state index contributed by atoms with van der Waals surface area (Å²) in [5.41, 5.74) is 0.416. The lowest BCUT2D eigenvalue weighted by Gasteiger charge is -2.19. The minimum absolute atomic E-state index is 0.102. The summed E-state index contributed by atoms with van der Waals surface area (Å²) >= 11 is 0. The van der Waals surface area contributed by atoms with Crippen molar-refractivity contribution in [3.05, 3.63) is 36.0 Å². The maximum atomic E-state index is 12.3. The van der Waals surface area contributed by atoms with Crippen LogP contribution in [-0.4, -0.2) is 36.0 Å². The molecule has 1 aromatic carbocycles. The first-order valence-corrected chi connectivity index (χ1v) is 6.94. The Morgan fingerprint density at radius 2 is 1.91 bits per heavy atom. The molecule has 2 rings (SSSR count). The van der Waals surface area contributed by atoms with Gasteiger partial charge in [0.25, 0.3) is 5.91 Å². The normalized spacial score (nSPS) is 11.5. The lowest BCUT2D eigenvalue weighted by Crippen LogP contribution is -2.27. The summed E-state index contributed by atoms with van der Waals surface area (Å²) in [5.74, 6) is -0.305. The minimum Gasteiger partial charge on any atom is -0.443 e. The molecule has 0 saturated heterocycles. The van der Waals surface area contributed by atoms with Crippen LogP contribution in [-0.2, 0) is 9.47 Å². The standard InChI is InChI=1S/C16H20N2O4/c1-16(2,3)22-15(20)18-9-12(14(19)17-10-21-4)11-7-5-6-8-13(11)18/h5-9H,10H2,1-4H3,(H,17,19). The van der Waals surface area contributed by atoms with Crippen LogP contribution in [0.5, 0.6) is 0 Å². The molecule has 6 nitrogen and oxygen atoms in total. The van der Waals surface area contributed by atoms with Crippen LogP contribution in [0, 0.1) is 0 Å². The van der Waals surface area contributed by atoms with Crippen molar-refractivity contribution in [2.75, 3.05) is 13.8 Å². The van der Waals surface area contributed by atoms with E-state index < -0.39 is 11.7 Å². The van der Waals surface area contributed by atoms with Crippen LogP contribution in [0.25, 0.3) is 10.9 Å². The molecule has 0 saturated carbocycles. The van der Waals surface area contributed by atoms with Gasteiger partial charge in [-0.25, -0.2) is 4.79 Å². The summed E-state index contributed by atoms with van der Waals surface area (Å²) in [5, 5.41) is 3.30. The molecule has 0 unspecified atom stereocenters. The van der Waals surface area contributed by atoms with Crippen molar-refractivity contribution in [1.29, 1.82) is 0 Å². The molecule has 22 heavy (non-hydrogen) atoms. The van der Waals surface area contributed by atoms with E-state index in [1.54, 1.807) is 39.0 Å². The molecule has 0 radical (unpaired) electrons. The number of nitrogens with one attached hydrogen (secondary N) is 1. The molecular weight excluding hydrogens is 284 g/mol. The molecule has 6 heteroatoms. The van der Waals surface area contributed by atoms with Gasteiger partial charge in [0.2, 0.25) is 0 Å². The second kappa shape index (κ2) is 6.19. The highest BCUT2D eigenvalue weighted by molar-refractivity contribution is 6.08. The lowest BCUT2D eigenvalue weighted by atomic mass is 10.1. The molecule has 0 fully saturated rings. The van der Waals surface area contributed by atoms with Gasteiger partial charge >= 0.3 is 6.09 Å². The van der Waals surface area contributed by atoms with Crippen LogP contribution in [0.1, 0.15) is 31.1 Å². The predicted molar refractivity (Wildman–Crippen MR) is 82.9 cm³/mol. The van der Waals surface area contributed by atoms with E-state index in [2.05, 4.69) is 5.32 Å². The van der Waals surface area contributed by atoms with E-state index in [0.717, 1.165) is 0 Å². The molecule has 1 N–H and O–H groups in total. The average Bonchev–Trinajstić information content (AvgIpc) is 2.82. The van der Waals surface area contributed by atoms with Gasteiger partial charge in [0.05, 0.1) is 11.1 Å². The first kappa shape index (κ1) is 16.0. The van der Waals surface area contributed by atoms with Gasteiger partial charge in [0.1, 0.15) is 12.3 Å². The van der Waals surface area contributed by atoms with Crippen molar-refractivity contribution >= 4 is 22.9 Å². The fourth-order valence-corrected chi connectivity index (χ4v) is 2.06. The Kier molecular flexibility index (Phi) is 4.51. The summed E-state index contributed by atoms with van der Waals surface area (Å²) < 4.78 is 11.6. The van der Waals surface area contributed by atoms with Crippen LogP contribution in [0.3, 0.4) is 0 Å². The van der Waals surface area contributed by atoms with E-state index >= 15 is 0 Å². The maximum absolute atomic E-state index is 12.3. The van der Waals surface area contributed by atoms with E-state index in [9.17, 15) is 9.59 Å². The van der Waals surface area contributed by atoms with E-state index in [4.69, 9.17) is 9.47 Å². The smallest absolute Gasteiger partial charge is 0.419 e. The van der Waals surface area contributed by atoms with Crippen molar-refractivity contribution in [1.82, 2.24) is 9.88 Å². The van der Waals surface area contributed by atoms with Crippen molar-refractivity contribution in [2.24, 2.45) is 0 Å². The molecule has 1 amide bonds. The lowest BCUT2D eigenvalue weighted by molar-refractivity contribution is 0.0544. The van der Waals surface area contributed by atoms with Gasteiger partial charge in [-0.15, -0.1) is 0 Å². The summed E-state index contributed by atoms with van der Waals surface area (Å²) in [4.78, 5) is 24.5. The number of methoxy groups -OCH3 is 1. The highest BCUT2D eigenvalue weighted by Crippen LogP contribution is 2.22. The third kappa shape index (κ3) is 3.46. The second-order valence-corrected chi connectivity index (χ2v) is 5.85. The summed E-state index contributed by atoms with van der Waals surface area (Å²) in [7, 11) is 1.49. The molecule has 2 aromatic rings. The van der Waals surface area contributed by atoms with Gasteiger partial charge < -0.3 is 14.8 Å². The van der Waals surface area contributed by atoms with Gasteiger partial charge in [-0.05, 0) is 26.8 Å². The van der Waals surface area contributed by atoms with Gasteiger partial charge in [-0.1, -0.05) is 18.2 Å². The Morgan fingerprint density at radius 3 is 2.55 bits per heavy atom. The maximum Gasteiger partial charge on any atom is 0.419 e. The molecule has 1 aromatic heterocycles. The summed E-state index contributed by atoms with van der Waals surface area (Å²) in [6, 6.07) is 7.18. The average molecular weight is 304 g/mol. The van der Waals surface area contributed by atoms with Crippen LogP contribution in [0.4, 0.5) is 4.79 Å². The zero-order chi connectivity index (χ0) is 16.3. The van der Waals surface area contributed by atoms with E-state index in [1.807, 2.05) is 6.07 Å². The van der Waals surface area contributed by atoms with Crippen LogP contribution >= 0.6 is 0 Å². The number of benzene rings is 1. The molecule has 118 valence electrons. The van der Waals surface area contributed by atoms with Crippen molar-refractivity contribution < 1.29 is 19.1 Å². The number of hydrogen-bond acceptors (Lipinski definition) is 4. The predicted octanol–water partition coefficient (Wildman–Crippen LogP) is 2.76. The van der Waals surface area contributed by atoms with Gasteiger partial charge in [-0.3, -0.25) is 9.36 Å².